The Morgan fingerprint density at radius 3 is 2.76 bits per heavy atom. The lowest BCUT2D eigenvalue weighted by atomic mass is 9.91. The second-order valence-electron chi connectivity index (χ2n) is 4.42. The summed E-state index contributed by atoms with van der Waals surface area (Å²) in [5.74, 6) is 0.347. The molecule has 17 heavy (non-hydrogen) atoms. The van der Waals surface area contributed by atoms with Crippen LogP contribution in [-0.2, 0) is 4.84 Å². The predicted octanol–water partition coefficient (Wildman–Crippen LogP) is 1.52. The molecule has 0 amide bonds. The summed E-state index contributed by atoms with van der Waals surface area (Å²) in [6.07, 6.45) is 9.55. The quantitative estimate of drug-likeness (QED) is 0.797. The molecule has 90 valence electrons. The van der Waals surface area contributed by atoms with Crippen LogP contribution in [0.15, 0.2) is 23.7 Å². The van der Waals surface area contributed by atoms with Crippen molar-refractivity contribution in [1.29, 1.82) is 0 Å². The van der Waals surface area contributed by atoms with Gasteiger partial charge in [-0.2, -0.15) is 5.06 Å². The summed E-state index contributed by atoms with van der Waals surface area (Å²) in [6, 6.07) is 0. The van der Waals surface area contributed by atoms with E-state index in [0.717, 1.165) is 30.7 Å². The van der Waals surface area contributed by atoms with Crippen molar-refractivity contribution in [2.45, 2.75) is 37.8 Å². The first-order valence-corrected chi connectivity index (χ1v) is 5.83. The Morgan fingerprint density at radius 1 is 1.24 bits per heavy atom. The molecule has 0 aromatic carbocycles. The van der Waals surface area contributed by atoms with E-state index in [4.69, 9.17) is 4.84 Å². The Morgan fingerprint density at radius 2 is 2.06 bits per heavy atom. The number of aromatic nitrogens is 2. The van der Waals surface area contributed by atoms with E-state index in [1.54, 1.807) is 18.6 Å². The minimum Gasteiger partial charge on any atom is -0.363 e. The van der Waals surface area contributed by atoms with E-state index in [0.29, 0.717) is 11.5 Å². The molecule has 1 aliphatic carbocycles. The molecule has 1 aliphatic heterocycles. The van der Waals surface area contributed by atoms with Crippen molar-refractivity contribution < 1.29 is 10.0 Å². The summed E-state index contributed by atoms with van der Waals surface area (Å²) < 4.78 is 0. The Bertz CT molecular complexity index is 428. The molecule has 6 heteroatoms. The van der Waals surface area contributed by atoms with E-state index in [1.165, 1.54) is 6.42 Å². The van der Waals surface area contributed by atoms with E-state index in [-0.39, 0.29) is 0 Å². The maximum atomic E-state index is 10.2. The molecule has 1 N–H and O–H groups in total. The van der Waals surface area contributed by atoms with Crippen molar-refractivity contribution in [2.24, 2.45) is 5.16 Å². The topological polar surface area (TPSA) is 70.8 Å². The third-order valence-corrected chi connectivity index (χ3v) is 3.32. The van der Waals surface area contributed by atoms with Crippen LogP contribution in [0.25, 0.3) is 0 Å². The van der Waals surface area contributed by atoms with Gasteiger partial charge in [-0.25, -0.2) is 4.98 Å². The zero-order valence-corrected chi connectivity index (χ0v) is 9.41. The van der Waals surface area contributed by atoms with Gasteiger partial charge in [-0.1, -0.05) is 11.6 Å². The number of hydrogen-bond acceptors (Lipinski definition) is 6. The zero-order valence-electron chi connectivity index (χ0n) is 9.41. The molecule has 0 unspecified atom stereocenters. The van der Waals surface area contributed by atoms with Gasteiger partial charge in [0.2, 0.25) is 11.6 Å². The van der Waals surface area contributed by atoms with E-state index in [9.17, 15) is 5.21 Å². The number of hydrogen-bond donors (Lipinski definition) is 1. The fourth-order valence-corrected chi connectivity index (χ4v) is 2.38. The summed E-state index contributed by atoms with van der Waals surface area (Å²) in [4.78, 5) is 13.5. The summed E-state index contributed by atoms with van der Waals surface area (Å²) in [5, 5.41) is 15.3. The Hall–Kier alpha value is -1.69. The molecule has 0 atom stereocenters. The normalized spacial score (nSPS) is 22.4. The summed E-state index contributed by atoms with van der Waals surface area (Å²) in [5.41, 5.74) is -0.150. The van der Waals surface area contributed by atoms with E-state index in [2.05, 4.69) is 15.1 Å². The molecule has 1 aromatic rings. The smallest absolute Gasteiger partial charge is 0.234 e. The van der Waals surface area contributed by atoms with Crippen LogP contribution in [0, 0.1) is 0 Å². The molecule has 6 nitrogen and oxygen atoms in total. The van der Waals surface area contributed by atoms with E-state index in [1.807, 2.05) is 0 Å². The maximum Gasteiger partial charge on any atom is 0.234 e. The van der Waals surface area contributed by atoms with Gasteiger partial charge in [0, 0.05) is 25.2 Å². The predicted molar refractivity (Wildman–Crippen MR) is 59.1 cm³/mol. The monoisotopic (exact) mass is 234 g/mol. The van der Waals surface area contributed by atoms with Crippen LogP contribution in [0.1, 0.15) is 37.8 Å². The first-order chi connectivity index (χ1) is 8.32. The van der Waals surface area contributed by atoms with Gasteiger partial charge in [-0.05, 0) is 12.8 Å². The van der Waals surface area contributed by atoms with Gasteiger partial charge in [0.1, 0.15) is 5.69 Å². The lowest BCUT2D eigenvalue weighted by molar-refractivity contribution is -0.227. The molecule has 1 saturated carbocycles. The molecule has 2 aliphatic rings. The second-order valence-corrected chi connectivity index (χ2v) is 4.42. The molecule has 1 spiro atoms. The van der Waals surface area contributed by atoms with Crippen LogP contribution in [-0.4, -0.2) is 31.8 Å². The molecule has 1 fully saturated rings. The lowest BCUT2D eigenvalue weighted by Crippen LogP contribution is -2.48. The summed E-state index contributed by atoms with van der Waals surface area (Å²) in [6.45, 7) is 0. The second kappa shape index (κ2) is 3.96. The van der Waals surface area contributed by atoms with Gasteiger partial charge in [-0.15, -0.1) is 0 Å². The molecular weight excluding hydrogens is 220 g/mol. The fraction of sp³-hybridized carbons (Fsp3) is 0.545. The van der Waals surface area contributed by atoms with Crippen molar-refractivity contribution in [3.8, 4) is 0 Å². The van der Waals surface area contributed by atoms with Crippen molar-refractivity contribution >= 4 is 5.84 Å². The average Bonchev–Trinajstić information content (AvgIpc) is 2.70. The van der Waals surface area contributed by atoms with Gasteiger partial charge in [-0.3, -0.25) is 10.2 Å². The lowest BCUT2D eigenvalue weighted by Gasteiger charge is -2.35. The first-order valence-electron chi connectivity index (χ1n) is 5.83. The number of amidine groups is 1. The SMILES string of the molecule is ON1C(c2cnccn2)=NOC12CCCCC2. The van der Waals surface area contributed by atoms with Crippen molar-refractivity contribution in [1.82, 2.24) is 15.0 Å². The molecule has 0 radical (unpaired) electrons. The molecular formula is C11H14N4O2. The highest BCUT2D eigenvalue weighted by Gasteiger charge is 2.47. The van der Waals surface area contributed by atoms with Crippen LogP contribution in [0.5, 0.6) is 0 Å². The van der Waals surface area contributed by atoms with Gasteiger partial charge in [0.15, 0.2) is 0 Å². The zero-order chi connectivity index (χ0) is 11.7. The van der Waals surface area contributed by atoms with Crippen LogP contribution in [0.2, 0.25) is 0 Å². The summed E-state index contributed by atoms with van der Waals surface area (Å²) in [7, 11) is 0. The molecule has 2 heterocycles. The standard InChI is InChI=1S/C11H14N4O2/c16-15-10(9-8-12-6-7-13-9)14-17-11(15)4-2-1-3-5-11/h6-8,16H,1-5H2. The fourth-order valence-electron chi connectivity index (χ4n) is 2.38. The Balaban J connectivity index is 1.86. The minimum absolute atomic E-state index is 0.347. The number of oxime groups is 1. The Labute approximate surface area is 98.9 Å². The van der Waals surface area contributed by atoms with Crippen LogP contribution < -0.4 is 0 Å². The minimum atomic E-state index is -0.675. The highest BCUT2D eigenvalue weighted by molar-refractivity contribution is 5.96. The molecule has 1 aromatic heterocycles. The first kappa shape index (κ1) is 10.5. The van der Waals surface area contributed by atoms with Crippen LogP contribution in [0.3, 0.4) is 0 Å². The highest BCUT2D eigenvalue weighted by atomic mass is 16.7. The molecule has 0 bridgehead atoms. The number of rotatable bonds is 1. The van der Waals surface area contributed by atoms with Gasteiger partial charge in [0.05, 0.1) is 6.20 Å². The van der Waals surface area contributed by atoms with Crippen molar-refractivity contribution in [2.75, 3.05) is 0 Å². The average molecular weight is 234 g/mol. The summed E-state index contributed by atoms with van der Waals surface area (Å²) >= 11 is 0. The maximum absolute atomic E-state index is 10.2. The van der Waals surface area contributed by atoms with E-state index < -0.39 is 5.72 Å². The largest absolute Gasteiger partial charge is 0.363 e. The van der Waals surface area contributed by atoms with Gasteiger partial charge >= 0.3 is 0 Å². The van der Waals surface area contributed by atoms with Crippen LogP contribution in [0.4, 0.5) is 0 Å². The van der Waals surface area contributed by atoms with Gasteiger partial charge < -0.3 is 4.84 Å². The third kappa shape index (κ3) is 1.64. The molecule has 0 saturated heterocycles. The number of nitrogens with zero attached hydrogens (tertiary/aromatic N) is 4. The molecule has 3 rings (SSSR count). The highest BCUT2D eigenvalue weighted by Crippen LogP contribution is 2.38. The van der Waals surface area contributed by atoms with E-state index >= 15 is 0 Å². The van der Waals surface area contributed by atoms with Crippen molar-refractivity contribution in [3.63, 3.8) is 0 Å². The van der Waals surface area contributed by atoms with Crippen molar-refractivity contribution in [3.05, 3.63) is 24.3 Å². The van der Waals surface area contributed by atoms with Crippen LogP contribution >= 0.6 is 0 Å². The van der Waals surface area contributed by atoms with Gasteiger partial charge in [0.25, 0.3) is 0 Å². The Kier molecular flexibility index (Phi) is 2.44. The number of hydroxylamine groups is 2. The third-order valence-electron chi connectivity index (χ3n) is 3.32.